The fraction of sp³-hybridized carbons (Fsp3) is 0.571. The zero-order valence-corrected chi connectivity index (χ0v) is 17.0. The van der Waals surface area contributed by atoms with Crippen LogP contribution in [0.5, 0.6) is 0 Å². The van der Waals surface area contributed by atoms with E-state index in [-0.39, 0.29) is 29.1 Å². The number of thioether (sulfide) groups is 1. The lowest BCUT2D eigenvalue weighted by Gasteiger charge is -2.25. The first-order valence-corrected chi connectivity index (χ1v) is 11.2. The molecule has 150 valence electrons. The van der Waals surface area contributed by atoms with E-state index in [1.165, 1.54) is 12.8 Å². The molecule has 3 atom stereocenters. The summed E-state index contributed by atoms with van der Waals surface area (Å²) in [6.07, 6.45) is 6.76. The summed E-state index contributed by atoms with van der Waals surface area (Å²) in [5.74, 6) is 0.0625. The Morgan fingerprint density at radius 2 is 1.86 bits per heavy atom. The summed E-state index contributed by atoms with van der Waals surface area (Å²) in [6.45, 7) is 1.71. The van der Waals surface area contributed by atoms with Crippen LogP contribution in [0.2, 0.25) is 0 Å². The van der Waals surface area contributed by atoms with Gasteiger partial charge in [-0.3, -0.25) is 14.4 Å². The van der Waals surface area contributed by atoms with Crippen LogP contribution >= 0.6 is 11.8 Å². The van der Waals surface area contributed by atoms with Crippen molar-refractivity contribution in [2.45, 2.75) is 68.9 Å². The molecule has 1 aromatic rings. The first-order chi connectivity index (χ1) is 13.6. The van der Waals surface area contributed by atoms with Gasteiger partial charge in [-0.2, -0.15) is 0 Å². The maximum absolute atomic E-state index is 12.8. The quantitative estimate of drug-likeness (QED) is 0.760. The molecule has 1 saturated heterocycles. The second-order valence-electron chi connectivity index (χ2n) is 7.93. The third kappa shape index (κ3) is 3.64. The Morgan fingerprint density at radius 1 is 1.14 bits per heavy atom. The van der Waals surface area contributed by atoms with Crippen molar-refractivity contribution in [1.82, 2.24) is 15.5 Å². The number of hydrogen-bond donors (Lipinski definition) is 2. The lowest BCUT2D eigenvalue weighted by Crippen LogP contribution is -2.53. The molecular weight excluding hydrogens is 374 g/mol. The molecule has 7 heteroatoms. The van der Waals surface area contributed by atoms with E-state index in [2.05, 4.69) is 10.6 Å². The van der Waals surface area contributed by atoms with Gasteiger partial charge in [0.05, 0.1) is 0 Å². The largest absolute Gasteiger partial charge is 0.352 e. The molecular formula is C21H27N3O3S. The van der Waals surface area contributed by atoms with Gasteiger partial charge in [-0.05, 0) is 31.4 Å². The number of hydrogen-bond acceptors (Lipinski definition) is 4. The van der Waals surface area contributed by atoms with Crippen molar-refractivity contribution in [3.05, 3.63) is 35.4 Å². The number of fused-ring (bicyclic) bond motifs is 3. The van der Waals surface area contributed by atoms with E-state index in [0.29, 0.717) is 11.3 Å². The van der Waals surface area contributed by atoms with Crippen LogP contribution in [0.3, 0.4) is 0 Å². The second kappa shape index (κ2) is 8.15. The highest BCUT2D eigenvalue weighted by Crippen LogP contribution is 2.48. The van der Waals surface area contributed by atoms with Crippen LogP contribution in [0.15, 0.2) is 24.3 Å². The fourth-order valence-electron chi connectivity index (χ4n) is 4.37. The van der Waals surface area contributed by atoms with Gasteiger partial charge < -0.3 is 15.5 Å². The zero-order chi connectivity index (χ0) is 19.7. The average Bonchev–Trinajstić information content (AvgIpc) is 3.13. The van der Waals surface area contributed by atoms with Crippen molar-refractivity contribution >= 4 is 29.5 Å². The molecule has 2 heterocycles. The Labute approximate surface area is 169 Å². The second-order valence-corrected chi connectivity index (χ2v) is 9.04. The average molecular weight is 402 g/mol. The van der Waals surface area contributed by atoms with Gasteiger partial charge >= 0.3 is 0 Å². The van der Waals surface area contributed by atoms with Crippen LogP contribution in [-0.4, -0.2) is 46.5 Å². The van der Waals surface area contributed by atoms with Crippen molar-refractivity contribution in [3.63, 3.8) is 0 Å². The molecule has 0 radical (unpaired) electrons. The van der Waals surface area contributed by atoms with Gasteiger partial charge in [0.25, 0.3) is 5.91 Å². The Kier molecular flexibility index (Phi) is 5.62. The van der Waals surface area contributed by atoms with Crippen molar-refractivity contribution < 1.29 is 14.4 Å². The highest BCUT2D eigenvalue weighted by Gasteiger charge is 2.48. The zero-order valence-electron chi connectivity index (χ0n) is 16.1. The Bertz CT molecular complexity index is 776. The number of carbonyl (C=O) groups excluding carboxylic acids is 3. The van der Waals surface area contributed by atoms with E-state index >= 15 is 0 Å². The Balaban J connectivity index is 1.36. The van der Waals surface area contributed by atoms with Crippen molar-refractivity contribution in [3.8, 4) is 0 Å². The lowest BCUT2D eigenvalue weighted by atomic mass is 10.1. The van der Waals surface area contributed by atoms with Gasteiger partial charge in [-0.1, -0.05) is 43.9 Å². The number of benzene rings is 1. The molecule has 0 bridgehead atoms. The van der Waals surface area contributed by atoms with Gasteiger partial charge in [-0.15, -0.1) is 11.8 Å². The minimum absolute atomic E-state index is 0.0960. The molecule has 1 aromatic carbocycles. The van der Waals surface area contributed by atoms with E-state index < -0.39 is 12.1 Å². The van der Waals surface area contributed by atoms with Crippen LogP contribution in [0.25, 0.3) is 0 Å². The summed E-state index contributed by atoms with van der Waals surface area (Å²) in [5.41, 5.74) is 1.66. The lowest BCUT2D eigenvalue weighted by molar-refractivity contribution is -0.130. The van der Waals surface area contributed by atoms with Gasteiger partial charge in [0.2, 0.25) is 11.8 Å². The number of nitrogens with zero attached hydrogens (tertiary/aromatic N) is 1. The van der Waals surface area contributed by atoms with Crippen molar-refractivity contribution in [2.75, 3.05) is 5.75 Å². The normalized spacial score (nSPS) is 25.6. The molecule has 6 nitrogen and oxygen atoms in total. The van der Waals surface area contributed by atoms with Gasteiger partial charge in [0.15, 0.2) is 0 Å². The summed E-state index contributed by atoms with van der Waals surface area (Å²) >= 11 is 1.61. The number of amides is 3. The highest BCUT2D eigenvalue weighted by molar-refractivity contribution is 7.99. The molecule has 4 rings (SSSR count). The highest BCUT2D eigenvalue weighted by atomic mass is 32.2. The Morgan fingerprint density at radius 3 is 2.61 bits per heavy atom. The first kappa shape index (κ1) is 19.3. The predicted molar refractivity (Wildman–Crippen MR) is 109 cm³/mol. The minimum Gasteiger partial charge on any atom is -0.352 e. The van der Waals surface area contributed by atoms with Crippen LogP contribution in [0.4, 0.5) is 0 Å². The first-order valence-electron chi connectivity index (χ1n) is 10.2. The van der Waals surface area contributed by atoms with E-state index in [1.54, 1.807) is 23.6 Å². The van der Waals surface area contributed by atoms with Crippen LogP contribution in [0.1, 0.15) is 66.7 Å². The van der Waals surface area contributed by atoms with E-state index in [9.17, 15) is 14.4 Å². The predicted octanol–water partition coefficient (Wildman–Crippen LogP) is 2.60. The molecule has 1 aliphatic carbocycles. The molecule has 2 aliphatic heterocycles. The standard InChI is InChI=1S/C21H27N3O3S/c1-13(18(25)23-14-8-4-2-3-5-9-14)22-19(26)17-12-28-21-16-11-7-6-10-15(16)20(27)24(17)21/h6-7,10-11,13-14,17,21H,2-5,8-9,12H2,1H3,(H,22,26)(H,23,25). The van der Waals surface area contributed by atoms with E-state index in [4.69, 9.17) is 0 Å². The summed E-state index contributed by atoms with van der Waals surface area (Å²) in [7, 11) is 0. The van der Waals surface area contributed by atoms with Crippen molar-refractivity contribution in [2.24, 2.45) is 0 Å². The molecule has 2 fully saturated rings. The number of carbonyl (C=O) groups is 3. The van der Waals surface area contributed by atoms with Crippen LogP contribution in [0, 0.1) is 0 Å². The Hall–Kier alpha value is -2.02. The molecule has 3 amide bonds. The summed E-state index contributed by atoms with van der Waals surface area (Å²) in [5, 5.41) is 5.81. The summed E-state index contributed by atoms with van der Waals surface area (Å²) in [4.78, 5) is 39.8. The van der Waals surface area contributed by atoms with Crippen molar-refractivity contribution in [1.29, 1.82) is 0 Å². The van der Waals surface area contributed by atoms with Crippen LogP contribution in [-0.2, 0) is 9.59 Å². The molecule has 1 saturated carbocycles. The molecule has 3 aliphatic rings. The topological polar surface area (TPSA) is 78.5 Å². The van der Waals surface area contributed by atoms with E-state index in [1.807, 2.05) is 24.3 Å². The summed E-state index contributed by atoms with van der Waals surface area (Å²) in [6, 6.07) is 6.59. The maximum atomic E-state index is 12.8. The van der Waals surface area contributed by atoms with Gasteiger partial charge in [0.1, 0.15) is 17.5 Å². The molecule has 0 aromatic heterocycles. The summed E-state index contributed by atoms with van der Waals surface area (Å²) < 4.78 is 0. The monoisotopic (exact) mass is 401 g/mol. The van der Waals surface area contributed by atoms with Gasteiger partial charge in [0, 0.05) is 17.4 Å². The van der Waals surface area contributed by atoms with Gasteiger partial charge in [-0.25, -0.2) is 0 Å². The maximum Gasteiger partial charge on any atom is 0.256 e. The SMILES string of the molecule is CC(NC(=O)C1CSC2c3ccccc3C(=O)N12)C(=O)NC1CCCCCC1. The fourth-order valence-corrected chi connectivity index (χ4v) is 5.83. The number of nitrogens with one attached hydrogen (secondary N) is 2. The third-order valence-corrected chi connectivity index (χ3v) is 7.25. The molecule has 3 unspecified atom stereocenters. The van der Waals surface area contributed by atoms with E-state index in [0.717, 1.165) is 31.2 Å². The molecule has 28 heavy (non-hydrogen) atoms. The minimum atomic E-state index is -0.611. The smallest absolute Gasteiger partial charge is 0.256 e. The number of rotatable bonds is 4. The third-order valence-electron chi connectivity index (χ3n) is 5.95. The molecule has 2 N–H and O–H groups in total. The van der Waals surface area contributed by atoms with Crippen LogP contribution < -0.4 is 10.6 Å². The molecule has 0 spiro atoms.